The molecular weight excluding hydrogens is 198 g/mol. The van der Waals surface area contributed by atoms with E-state index >= 15 is 0 Å². The van der Waals surface area contributed by atoms with E-state index in [9.17, 15) is 0 Å². The van der Waals surface area contributed by atoms with Crippen LogP contribution in [0.1, 0.15) is 12.8 Å². The molecule has 0 atom stereocenters. The number of aliphatic imine (C=N–C) groups is 1. The maximum absolute atomic E-state index is 5.91. The SMILES string of the molecule is ClC1=CCCC(NCC2=NCCN2)=C1. The maximum Gasteiger partial charge on any atom is 0.116 e. The predicted octanol–water partition coefficient (Wildman–Crippen LogP) is 1.38. The average Bonchev–Trinajstić information content (AvgIpc) is 2.67. The van der Waals surface area contributed by atoms with Crippen molar-refractivity contribution in [3.63, 3.8) is 0 Å². The summed E-state index contributed by atoms with van der Waals surface area (Å²) >= 11 is 5.91. The van der Waals surface area contributed by atoms with Crippen LogP contribution in [-0.4, -0.2) is 25.5 Å². The maximum atomic E-state index is 5.91. The highest BCUT2D eigenvalue weighted by Crippen LogP contribution is 2.17. The number of hydrogen-bond donors (Lipinski definition) is 2. The van der Waals surface area contributed by atoms with Gasteiger partial charge in [-0.15, -0.1) is 0 Å². The molecule has 0 saturated heterocycles. The van der Waals surface area contributed by atoms with Gasteiger partial charge in [0.2, 0.25) is 0 Å². The third-order valence-electron chi connectivity index (χ3n) is 2.29. The lowest BCUT2D eigenvalue weighted by molar-refractivity contribution is 0.803. The van der Waals surface area contributed by atoms with Gasteiger partial charge in [0, 0.05) is 17.3 Å². The molecule has 0 radical (unpaired) electrons. The van der Waals surface area contributed by atoms with Crippen molar-refractivity contribution in [2.45, 2.75) is 12.8 Å². The fourth-order valence-electron chi connectivity index (χ4n) is 1.57. The molecular formula is C10H14ClN3. The summed E-state index contributed by atoms with van der Waals surface area (Å²) < 4.78 is 0. The van der Waals surface area contributed by atoms with Crippen molar-refractivity contribution < 1.29 is 0 Å². The minimum Gasteiger partial charge on any atom is -0.381 e. The first-order valence-corrected chi connectivity index (χ1v) is 5.30. The largest absolute Gasteiger partial charge is 0.381 e. The summed E-state index contributed by atoms with van der Waals surface area (Å²) in [6, 6.07) is 0. The molecule has 0 aromatic heterocycles. The number of halogens is 1. The van der Waals surface area contributed by atoms with Crippen LogP contribution in [0.15, 0.2) is 27.9 Å². The van der Waals surface area contributed by atoms with E-state index in [1.807, 2.05) is 12.2 Å². The molecule has 1 heterocycles. The van der Waals surface area contributed by atoms with Crippen LogP contribution < -0.4 is 10.6 Å². The molecule has 2 aliphatic rings. The average molecular weight is 212 g/mol. The Morgan fingerprint density at radius 2 is 2.50 bits per heavy atom. The molecule has 0 aromatic rings. The second kappa shape index (κ2) is 4.51. The quantitative estimate of drug-likeness (QED) is 0.740. The van der Waals surface area contributed by atoms with Gasteiger partial charge in [-0.1, -0.05) is 17.7 Å². The summed E-state index contributed by atoms with van der Waals surface area (Å²) in [6.07, 6.45) is 6.10. The van der Waals surface area contributed by atoms with Crippen molar-refractivity contribution in [3.05, 3.63) is 22.9 Å². The first-order valence-electron chi connectivity index (χ1n) is 4.92. The second-order valence-corrected chi connectivity index (χ2v) is 3.84. The Bertz CT molecular complexity index is 304. The lowest BCUT2D eigenvalue weighted by Crippen LogP contribution is -2.30. The topological polar surface area (TPSA) is 36.4 Å². The Hall–Kier alpha value is -0.960. The Labute approximate surface area is 88.9 Å². The smallest absolute Gasteiger partial charge is 0.116 e. The lowest BCUT2D eigenvalue weighted by Gasteiger charge is -2.13. The van der Waals surface area contributed by atoms with Crippen LogP contribution in [0.2, 0.25) is 0 Å². The van der Waals surface area contributed by atoms with Crippen molar-refractivity contribution in [1.82, 2.24) is 10.6 Å². The van der Waals surface area contributed by atoms with Gasteiger partial charge in [-0.05, 0) is 18.9 Å². The number of nitrogens with one attached hydrogen (secondary N) is 2. The number of nitrogens with zero attached hydrogens (tertiary/aromatic N) is 1. The fraction of sp³-hybridized carbons (Fsp3) is 0.500. The molecule has 0 amide bonds. The van der Waals surface area contributed by atoms with Crippen molar-refractivity contribution in [2.75, 3.05) is 19.6 Å². The van der Waals surface area contributed by atoms with Crippen LogP contribution in [0, 0.1) is 0 Å². The van der Waals surface area contributed by atoms with Crippen LogP contribution in [0.25, 0.3) is 0 Å². The molecule has 1 aliphatic heterocycles. The van der Waals surface area contributed by atoms with E-state index in [0.29, 0.717) is 0 Å². The molecule has 2 rings (SSSR count). The van der Waals surface area contributed by atoms with Gasteiger partial charge in [0.1, 0.15) is 5.84 Å². The Morgan fingerprint density at radius 1 is 1.57 bits per heavy atom. The van der Waals surface area contributed by atoms with E-state index < -0.39 is 0 Å². The Morgan fingerprint density at radius 3 is 3.21 bits per heavy atom. The molecule has 1 aliphatic carbocycles. The van der Waals surface area contributed by atoms with E-state index in [-0.39, 0.29) is 0 Å². The van der Waals surface area contributed by atoms with E-state index in [0.717, 1.165) is 43.3 Å². The van der Waals surface area contributed by atoms with Gasteiger partial charge < -0.3 is 10.6 Å². The molecule has 14 heavy (non-hydrogen) atoms. The van der Waals surface area contributed by atoms with Gasteiger partial charge in [-0.3, -0.25) is 4.99 Å². The summed E-state index contributed by atoms with van der Waals surface area (Å²) in [4.78, 5) is 4.31. The minimum absolute atomic E-state index is 0.788. The van der Waals surface area contributed by atoms with E-state index in [2.05, 4.69) is 15.6 Å². The second-order valence-electron chi connectivity index (χ2n) is 3.41. The molecule has 3 nitrogen and oxygen atoms in total. The van der Waals surface area contributed by atoms with Crippen LogP contribution in [-0.2, 0) is 0 Å². The molecule has 2 N–H and O–H groups in total. The van der Waals surface area contributed by atoms with Crippen LogP contribution in [0.3, 0.4) is 0 Å². The summed E-state index contributed by atoms with van der Waals surface area (Å²) in [7, 11) is 0. The number of rotatable bonds is 3. The van der Waals surface area contributed by atoms with Crippen molar-refractivity contribution in [2.24, 2.45) is 4.99 Å². The van der Waals surface area contributed by atoms with Crippen molar-refractivity contribution in [3.8, 4) is 0 Å². The van der Waals surface area contributed by atoms with Crippen molar-refractivity contribution in [1.29, 1.82) is 0 Å². The normalized spacial score (nSPS) is 20.8. The molecule has 0 fully saturated rings. The minimum atomic E-state index is 0.788. The molecule has 76 valence electrons. The van der Waals surface area contributed by atoms with Gasteiger partial charge in [-0.25, -0.2) is 0 Å². The standard InChI is InChI=1S/C10H14ClN3/c11-8-2-1-3-9(6-8)14-7-10-12-4-5-13-10/h2,6,14H,1,3-5,7H2,(H,12,13). The lowest BCUT2D eigenvalue weighted by atomic mass is 10.1. The summed E-state index contributed by atoms with van der Waals surface area (Å²) in [5.41, 5.74) is 1.20. The third-order valence-corrected chi connectivity index (χ3v) is 2.55. The zero-order chi connectivity index (χ0) is 9.80. The van der Waals surface area contributed by atoms with Crippen LogP contribution in [0.5, 0.6) is 0 Å². The fourth-order valence-corrected chi connectivity index (χ4v) is 1.81. The van der Waals surface area contributed by atoms with Crippen LogP contribution in [0.4, 0.5) is 0 Å². The molecule has 4 heteroatoms. The highest BCUT2D eigenvalue weighted by atomic mass is 35.5. The van der Waals surface area contributed by atoms with E-state index in [1.165, 1.54) is 5.70 Å². The first kappa shape index (κ1) is 9.59. The zero-order valence-corrected chi connectivity index (χ0v) is 8.77. The van der Waals surface area contributed by atoms with E-state index in [1.54, 1.807) is 0 Å². The number of hydrogen-bond acceptors (Lipinski definition) is 3. The number of allylic oxidation sites excluding steroid dienone is 4. The summed E-state index contributed by atoms with van der Waals surface area (Å²) in [5, 5.41) is 7.39. The monoisotopic (exact) mass is 211 g/mol. The van der Waals surface area contributed by atoms with Gasteiger partial charge >= 0.3 is 0 Å². The first-order chi connectivity index (χ1) is 6.84. The number of amidine groups is 1. The Kier molecular flexibility index (Phi) is 3.09. The molecule has 0 saturated carbocycles. The predicted molar refractivity (Wildman–Crippen MR) is 59.6 cm³/mol. The third kappa shape index (κ3) is 2.51. The van der Waals surface area contributed by atoms with Gasteiger partial charge in [0.25, 0.3) is 0 Å². The van der Waals surface area contributed by atoms with E-state index in [4.69, 9.17) is 11.6 Å². The molecule has 0 aromatic carbocycles. The molecule has 0 bridgehead atoms. The van der Waals surface area contributed by atoms with Crippen molar-refractivity contribution >= 4 is 17.4 Å². The van der Waals surface area contributed by atoms with Gasteiger partial charge in [-0.2, -0.15) is 0 Å². The summed E-state index contributed by atoms with van der Waals surface area (Å²) in [5.74, 6) is 1.05. The Balaban J connectivity index is 1.83. The zero-order valence-electron chi connectivity index (χ0n) is 8.02. The molecule has 0 spiro atoms. The molecule has 0 unspecified atom stereocenters. The summed E-state index contributed by atoms with van der Waals surface area (Å²) in [6.45, 7) is 2.66. The highest BCUT2D eigenvalue weighted by Gasteiger charge is 2.07. The van der Waals surface area contributed by atoms with Crippen LogP contribution >= 0.6 is 11.6 Å². The van der Waals surface area contributed by atoms with Gasteiger partial charge in [0.05, 0.1) is 13.1 Å². The highest BCUT2D eigenvalue weighted by molar-refractivity contribution is 6.31. The van der Waals surface area contributed by atoms with Gasteiger partial charge in [0.15, 0.2) is 0 Å².